The summed E-state index contributed by atoms with van der Waals surface area (Å²) in [6.45, 7) is 4.47. The predicted octanol–water partition coefficient (Wildman–Crippen LogP) is 13.3. The van der Waals surface area contributed by atoms with Gasteiger partial charge in [-0.1, -0.05) is 206 Å². The van der Waals surface area contributed by atoms with Gasteiger partial charge in [0.1, 0.15) is 0 Å². The highest BCUT2D eigenvalue weighted by atomic mass is 16.4. The second-order valence-corrected chi connectivity index (χ2v) is 13.6. The zero-order valence-electron chi connectivity index (χ0n) is 29.0. The smallest absolute Gasteiger partial charge is 0.303 e. The molecular formula is C39H79NO2. The first-order valence-electron chi connectivity index (χ1n) is 19.7. The predicted molar refractivity (Wildman–Crippen MR) is 188 cm³/mol. The van der Waals surface area contributed by atoms with Crippen molar-refractivity contribution < 1.29 is 9.90 Å². The topological polar surface area (TPSA) is 49.3 Å². The molecule has 0 fully saturated rings. The van der Waals surface area contributed by atoms with Gasteiger partial charge in [0.2, 0.25) is 0 Å². The minimum Gasteiger partial charge on any atom is -0.481 e. The van der Waals surface area contributed by atoms with Gasteiger partial charge in [-0.25, -0.2) is 0 Å². The second-order valence-electron chi connectivity index (χ2n) is 13.6. The summed E-state index contributed by atoms with van der Waals surface area (Å²) < 4.78 is 0. The highest BCUT2D eigenvalue weighted by Crippen LogP contribution is 2.16. The minimum atomic E-state index is -0.667. The molecule has 0 rings (SSSR count). The third-order valence-electron chi connectivity index (χ3n) is 9.20. The first-order valence-corrected chi connectivity index (χ1v) is 19.7. The van der Waals surface area contributed by atoms with E-state index in [0.717, 1.165) is 32.4 Å². The number of aliphatic carboxylic acids is 1. The summed E-state index contributed by atoms with van der Waals surface area (Å²) >= 11 is 0. The molecule has 0 aliphatic carbocycles. The molecule has 0 bridgehead atoms. The Morgan fingerprint density at radius 2 is 0.571 bits per heavy atom. The Morgan fingerprint density at radius 1 is 0.357 bits per heavy atom. The lowest BCUT2D eigenvalue weighted by molar-refractivity contribution is -0.137. The van der Waals surface area contributed by atoms with Crippen molar-refractivity contribution in [1.82, 2.24) is 5.32 Å². The van der Waals surface area contributed by atoms with Gasteiger partial charge in [0.15, 0.2) is 0 Å². The number of carbonyl (C=O) groups is 1. The number of hydrogen-bond donors (Lipinski definition) is 2. The Balaban J connectivity index is 3.03. The zero-order valence-corrected chi connectivity index (χ0v) is 29.0. The van der Waals surface area contributed by atoms with Crippen molar-refractivity contribution >= 4 is 5.97 Å². The fourth-order valence-corrected chi connectivity index (χ4v) is 6.28. The molecule has 0 atom stereocenters. The normalized spacial score (nSPS) is 11.5. The quantitative estimate of drug-likeness (QED) is 0.0700. The van der Waals surface area contributed by atoms with Crippen molar-refractivity contribution in [3.8, 4) is 0 Å². The summed E-state index contributed by atoms with van der Waals surface area (Å²) in [6, 6.07) is 0. The third-order valence-corrected chi connectivity index (χ3v) is 9.20. The van der Waals surface area contributed by atoms with Crippen molar-refractivity contribution in [2.24, 2.45) is 0 Å². The van der Waals surface area contributed by atoms with Crippen molar-refractivity contribution in [3.05, 3.63) is 0 Å². The van der Waals surface area contributed by atoms with Crippen LogP contribution in [0.15, 0.2) is 0 Å². The average molecular weight is 594 g/mol. The van der Waals surface area contributed by atoms with E-state index in [-0.39, 0.29) is 0 Å². The first kappa shape index (κ1) is 41.4. The molecule has 0 aromatic heterocycles. The maximum Gasteiger partial charge on any atom is 0.303 e. The SMILES string of the molecule is CCCCCCCCCCCCCCCCCCCCCCCCCCCCCCCCCNCCCCCC(=O)O. The molecule has 0 aromatic carbocycles. The van der Waals surface area contributed by atoms with E-state index in [4.69, 9.17) is 5.11 Å². The van der Waals surface area contributed by atoms with E-state index >= 15 is 0 Å². The molecule has 0 heterocycles. The van der Waals surface area contributed by atoms with E-state index in [0.29, 0.717) is 6.42 Å². The van der Waals surface area contributed by atoms with Gasteiger partial charge >= 0.3 is 5.97 Å². The van der Waals surface area contributed by atoms with E-state index in [9.17, 15) is 4.79 Å². The summed E-state index contributed by atoms with van der Waals surface area (Å²) in [6.07, 6.45) is 48.3. The van der Waals surface area contributed by atoms with Crippen LogP contribution < -0.4 is 5.32 Å². The Bertz CT molecular complexity index is 495. The summed E-state index contributed by atoms with van der Waals surface area (Å²) in [5.41, 5.74) is 0. The largest absolute Gasteiger partial charge is 0.481 e. The molecule has 3 heteroatoms. The molecule has 0 aliphatic heterocycles. The Hall–Kier alpha value is -0.570. The van der Waals surface area contributed by atoms with Gasteiger partial charge in [-0.05, 0) is 32.4 Å². The third kappa shape index (κ3) is 39.4. The van der Waals surface area contributed by atoms with Gasteiger partial charge in [0.05, 0.1) is 0 Å². The molecule has 0 aliphatic rings. The maximum atomic E-state index is 10.5. The molecule has 3 nitrogen and oxygen atoms in total. The Kier molecular flexibility index (Phi) is 37.9. The summed E-state index contributed by atoms with van der Waals surface area (Å²) in [7, 11) is 0. The van der Waals surface area contributed by atoms with Crippen LogP contribution in [0.1, 0.15) is 232 Å². The van der Waals surface area contributed by atoms with Gasteiger partial charge < -0.3 is 10.4 Å². The van der Waals surface area contributed by atoms with Crippen molar-refractivity contribution in [1.29, 1.82) is 0 Å². The Labute approximate surface area is 265 Å². The molecule has 0 saturated carbocycles. The molecule has 0 amide bonds. The molecule has 0 unspecified atom stereocenters. The van der Waals surface area contributed by atoms with E-state index in [1.54, 1.807) is 0 Å². The lowest BCUT2D eigenvalue weighted by atomic mass is 10.0. The molecule has 0 saturated heterocycles. The molecule has 0 aromatic rings. The number of carboxylic acid groups (broad SMARTS) is 1. The van der Waals surface area contributed by atoms with Gasteiger partial charge in [-0.15, -0.1) is 0 Å². The van der Waals surface area contributed by atoms with Crippen LogP contribution in [0.4, 0.5) is 0 Å². The fourth-order valence-electron chi connectivity index (χ4n) is 6.28. The number of carboxylic acids is 1. The monoisotopic (exact) mass is 594 g/mol. The second kappa shape index (κ2) is 38.5. The van der Waals surface area contributed by atoms with Crippen LogP contribution >= 0.6 is 0 Å². The van der Waals surface area contributed by atoms with Crippen LogP contribution in [0, 0.1) is 0 Å². The highest BCUT2D eigenvalue weighted by Gasteiger charge is 1.98. The van der Waals surface area contributed by atoms with Gasteiger partial charge in [-0.3, -0.25) is 4.79 Å². The van der Waals surface area contributed by atoms with Crippen LogP contribution in [0.25, 0.3) is 0 Å². The molecule has 42 heavy (non-hydrogen) atoms. The zero-order chi connectivity index (χ0) is 30.4. The highest BCUT2D eigenvalue weighted by molar-refractivity contribution is 5.66. The van der Waals surface area contributed by atoms with E-state index in [2.05, 4.69) is 12.2 Å². The van der Waals surface area contributed by atoms with Crippen molar-refractivity contribution in [3.63, 3.8) is 0 Å². The van der Waals surface area contributed by atoms with Crippen molar-refractivity contribution in [2.45, 2.75) is 232 Å². The average Bonchev–Trinajstić information content (AvgIpc) is 2.98. The van der Waals surface area contributed by atoms with Crippen LogP contribution in [0.3, 0.4) is 0 Å². The summed E-state index contributed by atoms with van der Waals surface area (Å²) in [4.78, 5) is 10.5. The number of unbranched alkanes of at least 4 members (excludes halogenated alkanes) is 32. The first-order chi connectivity index (χ1) is 20.8. The van der Waals surface area contributed by atoms with Crippen LogP contribution in [0.5, 0.6) is 0 Å². The standard InChI is InChI=1S/C39H79NO2/c1-2-3-4-5-6-7-8-9-10-11-12-13-14-15-16-17-18-19-20-21-22-23-24-25-26-27-28-29-30-31-34-37-40-38-35-32-33-36-39(41)42/h40H,2-38H2,1H3,(H,41,42). The van der Waals surface area contributed by atoms with E-state index in [1.165, 1.54) is 199 Å². The van der Waals surface area contributed by atoms with Crippen LogP contribution in [0.2, 0.25) is 0 Å². The molecule has 0 spiro atoms. The number of hydrogen-bond acceptors (Lipinski definition) is 2. The van der Waals surface area contributed by atoms with Gasteiger partial charge in [-0.2, -0.15) is 0 Å². The number of rotatable bonds is 38. The van der Waals surface area contributed by atoms with Crippen molar-refractivity contribution in [2.75, 3.05) is 13.1 Å². The summed E-state index contributed by atoms with van der Waals surface area (Å²) in [5.74, 6) is -0.667. The Morgan fingerprint density at radius 3 is 0.810 bits per heavy atom. The molecule has 252 valence electrons. The lowest BCUT2D eigenvalue weighted by Crippen LogP contribution is -2.16. The molecule has 2 N–H and O–H groups in total. The van der Waals surface area contributed by atoms with Crippen LogP contribution in [-0.2, 0) is 4.79 Å². The minimum absolute atomic E-state index is 0.319. The lowest BCUT2D eigenvalue weighted by Gasteiger charge is -2.05. The maximum absolute atomic E-state index is 10.5. The molecule has 0 radical (unpaired) electrons. The summed E-state index contributed by atoms with van der Waals surface area (Å²) in [5, 5.41) is 12.1. The van der Waals surface area contributed by atoms with Gasteiger partial charge in [0, 0.05) is 6.42 Å². The van der Waals surface area contributed by atoms with Gasteiger partial charge in [0.25, 0.3) is 0 Å². The number of nitrogens with one attached hydrogen (secondary N) is 1. The fraction of sp³-hybridized carbons (Fsp3) is 0.974. The van der Waals surface area contributed by atoms with E-state index in [1.807, 2.05) is 0 Å². The molecular weight excluding hydrogens is 514 g/mol. The van der Waals surface area contributed by atoms with E-state index < -0.39 is 5.97 Å². The van der Waals surface area contributed by atoms with Crippen LogP contribution in [-0.4, -0.2) is 24.2 Å².